The number of hydrogen-bond acceptors (Lipinski definition) is 6. The Balaban J connectivity index is 1.30. The topological polar surface area (TPSA) is 65.5 Å². The monoisotopic (exact) mass is 495 g/mol. The summed E-state index contributed by atoms with van der Waals surface area (Å²) in [6, 6.07) is 12.5. The molecule has 2 saturated heterocycles. The van der Waals surface area contributed by atoms with Crippen molar-refractivity contribution in [1.29, 1.82) is 0 Å². The van der Waals surface area contributed by atoms with Crippen LogP contribution in [0.2, 0.25) is 0 Å². The van der Waals surface area contributed by atoms with E-state index < -0.39 is 0 Å². The Hall–Kier alpha value is -2.61. The predicted octanol–water partition coefficient (Wildman–Crippen LogP) is 3.35. The van der Waals surface area contributed by atoms with Gasteiger partial charge in [-0.25, -0.2) is 0 Å². The van der Waals surface area contributed by atoms with Gasteiger partial charge in [0.15, 0.2) is 0 Å². The van der Waals surface area contributed by atoms with E-state index in [2.05, 4.69) is 41.8 Å². The fraction of sp³-hybridized carbons (Fsp3) is 0.552. The molecule has 2 aliphatic rings. The number of β-amino-alcohol motifs (C(OH)–C–C–N with tert-alkyl or cyclic N) is 1. The van der Waals surface area contributed by atoms with E-state index >= 15 is 0 Å². The molecule has 0 saturated carbocycles. The van der Waals surface area contributed by atoms with Gasteiger partial charge in [0.25, 0.3) is 0 Å². The second-order valence-electron chi connectivity index (χ2n) is 10.1. The highest BCUT2D eigenvalue weighted by Gasteiger charge is 2.21. The van der Waals surface area contributed by atoms with Crippen LogP contribution in [0.5, 0.6) is 11.5 Å². The summed E-state index contributed by atoms with van der Waals surface area (Å²) in [5.41, 5.74) is 4.58. The van der Waals surface area contributed by atoms with Gasteiger partial charge < -0.3 is 24.4 Å². The van der Waals surface area contributed by atoms with Crippen LogP contribution in [0.3, 0.4) is 0 Å². The van der Waals surface area contributed by atoms with Crippen LogP contribution < -0.4 is 9.47 Å². The van der Waals surface area contributed by atoms with Gasteiger partial charge in [0, 0.05) is 46.3 Å². The fourth-order valence-electron chi connectivity index (χ4n) is 5.08. The fourth-order valence-corrected chi connectivity index (χ4v) is 5.08. The zero-order chi connectivity index (χ0) is 25.5. The van der Waals surface area contributed by atoms with Crippen molar-refractivity contribution in [2.75, 3.05) is 66.1 Å². The smallest absolute Gasteiger partial charge is 0.236 e. The Morgan fingerprint density at radius 3 is 1.97 bits per heavy atom. The van der Waals surface area contributed by atoms with Crippen molar-refractivity contribution in [2.24, 2.45) is 0 Å². The first-order valence-corrected chi connectivity index (χ1v) is 13.2. The van der Waals surface area contributed by atoms with Crippen molar-refractivity contribution in [2.45, 2.75) is 39.2 Å². The SMILES string of the molecule is Cc1c(OCCCN2CCN(C)C(=O)C2)cccc1-c1cccc(OCCCN2CC[C@@H](O)C2)c1C. The normalized spacial score (nSPS) is 19.2. The Kier molecular flexibility index (Phi) is 9.24. The number of likely N-dealkylation sites (tertiary alicyclic amines) is 1. The van der Waals surface area contributed by atoms with Gasteiger partial charge in [-0.1, -0.05) is 24.3 Å². The Labute approximate surface area is 215 Å². The zero-order valence-electron chi connectivity index (χ0n) is 22.0. The number of carbonyl (C=O) groups excluding carboxylic acids is 1. The molecule has 1 N–H and O–H groups in total. The average Bonchev–Trinajstić information content (AvgIpc) is 3.28. The van der Waals surface area contributed by atoms with Gasteiger partial charge in [-0.3, -0.25) is 9.69 Å². The molecule has 1 amide bonds. The summed E-state index contributed by atoms with van der Waals surface area (Å²) in [5.74, 6) is 2.01. The highest BCUT2D eigenvalue weighted by atomic mass is 16.5. The van der Waals surface area contributed by atoms with Gasteiger partial charge in [0.2, 0.25) is 5.91 Å². The van der Waals surface area contributed by atoms with E-state index in [4.69, 9.17) is 9.47 Å². The second-order valence-corrected chi connectivity index (χ2v) is 10.1. The van der Waals surface area contributed by atoms with Crippen LogP contribution in [0.25, 0.3) is 11.1 Å². The summed E-state index contributed by atoms with van der Waals surface area (Å²) >= 11 is 0. The Morgan fingerprint density at radius 2 is 1.44 bits per heavy atom. The summed E-state index contributed by atoms with van der Waals surface area (Å²) in [6.07, 6.45) is 2.54. The maximum Gasteiger partial charge on any atom is 0.236 e. The lowest BCUT2D eigenvalue weighted by atomic mass is 9.95. The van der Waals surface area contributed by atoms with Gasteiger partial charge in [0.05, 0.1) is 25.9 Å². The molecule has 7 heteroatoms. The Bertz CT molecular complexity index is 1030. The zero-order valence-corrected chi connectivity index (χ0v) is 22.0. The minimum atomic E-state index is -0.171. The van der Waals surface area contributed by atoms with E-state index in [0.717, 1.165) is 92.3 Å². The number of amides is 1. The number of rotatable bonds is 11. The summed E-state index contributed by atoms with van der Waals surface area (Å²) in [5, 5.41) is 9.69. The van der Waals surface area contributed by atoms with Gasteiger partial charge in [-0.15, -0.1) is 0 Å². The second kappa shape index (κ2) is 12.6. The quantitative estimate of drug-likeness (QED) is 0.483. The van der Waals surface area contributed by atoms with Gasteiger partial charge in [-0.2, -0.15) is 0 Å². The molecule has 0 spiro atoms. The van der Waals surface area contributed by atoms with Crippen LogP contribution in [-0.4, -0.2) is 97.9 Å². The van der Waals surface area contributed by atoms with E-state index in [1.807, 2.05) is 25.2 Å². The maximum atomic E-state index is 11.9. The molecular formula is C29H41N3O4. The number of benzene rings is 2. The Morgan fingerprint density at radius 1 is 0.861 bits per heavy atom. The van der Waals surface area contributed by atoms with Crippen LogP contribution in [-0.2, 0) is 4.79 Å². The molecule has 4 rings (SSSR count). The third kappa shape index (κ3) is 6.78. The molecule has 0 bridgehead atoms. The van der Waals surface area contributed by atoms with Gasteiger partial charge in [0.1, 0.15) is 11.5 Å². The van der Waals surface area contributed by atoms with Crippen LogP contribution in [0, 0.1) is 13.8 Å². The first-order chi connectivity index (χ1) is 17.4. The molecule has 196 valence electrons. The molecule has 2 aromatic rings. The van der Waals surface area contributed by atoms with Gasteiger partial charge >= 0.3 is 0 Å². The third-order valence-electron chi connectivity index (χ3n) is 7.39. The summed E-state index contributed by atoms with van der Waals surface area (Å²) in [6.45, 7) is 11.3. The number of hydrogen-bond donors (Lipinski definition) is 1. The molecule has 2 aromatic carbocycles. The van der Waals surface area contributed by atoms with E-state index in [1.165, 1.54) is 0 Å². The van der Waals surface area contributed by atoms with Crippen molar-refractivity contribution in [3.05, 3.63) is 47.5 Å². The van der Waals surface area contributed by atoms with Crippen molar-refractivity contribution in [3.8, 4) is 22.6 Å². The van der Waals surface area contributed by atoms with Crippen molar-refractivity contribution >= 4 is 5.91 Å². The molecule has 0 aromatic heterocycles. The van der Waals surface area contributed by atoms with E-state index in [9.17, 15) is 9.90 Å². The largest absolute Gasteiger partial charge is 0.493 e. The number of likely N-dealkylation sites (N-methyl/N-ethyl adjacent to an activating group) is 1. The highest BCUT2D eigenvalue weighted by Crippen LogP contribution is 2.35. The molecule has 0 unspecified atom stereocenters. The van der Waals surface area contributed by atoms with Crippen LogP contribution in [0.4, 0.5) is 0 Å². The number of piperazine rings is 1. The van der Waals surface area contributed by atoms with Crippen molar-refractivity contribution in [1.82, 2.24) is 14.7 Å². The van der Waals surface area contributed by atoms with E-state index in [1.54, 1.807) is 4.90 Å². The summed E-state index contributed by atoms with van der Waals surface area (Å²) in [4.78, 5) is 18.2. The first kappa shape index (κ1) is 26.5. The molecule has 7 nitrogen and oxygen atoms in total. The van der Waals surface area contributed by atoms with Crippen LogP contribution >= 0.6 is 0 Å². The molecule has 0 aliphatic carbocycles. The lowest BCUT2D eigenvalue weighted by Gasteiger charge is -2.31. The summed E-state index contributed by atoms with van der Waals surface area (Å²) in [7, 11) is 1.87. The highest BCUT2D eigenvalue weighted by molar-refractivity contribution is 5.78. The van der Waals surface area contributed by atoms with Crippen molar-refractivity contribution < 1.29 is 19.4 Å². The maximum absolute atomic E-state index is 11.9. The first-order valence-electron chi connectivity index (χ1n) is 13.2. The minimum Gasteiger partial charge on any atom is -0.493 e. The molecule has 2 fully saturated rings. The minimum absolute atomic E-state index is 0.171. The van der Waals surface area contributed by atoms with Crippen LogP contribution in [0.1, 0.15) is 30.4 Å². The predicted molar refractivity (Wildman–Crippen MR) is 143 cm³/mol. The van der Waals surface area contributed by atoms with Crippen LogP contribution in [0.15, 0.2) is 36.4 Å². The average molecular weight is 496 g/mol. The third-order valence-corrected chi connectivity index (χ3v) is 7.39. The standard InChI is InChI=1S/C29H41N3O4/c1-22-25(8-4-10-27(22)35-18-6-13-31-15-12-24(33)20-31)26-9-5-11-28(23(26)2)36-19-7-14-32-17-16-30(3)29(34)21-32/h4-5,8-11,24,33H,6-7,12-21H2,1-3H3/t24-/m1/s1. The number of aliphatic hydroxyl groups is 1. The molecule has 2 heterocycles. The van der Waals surface area contributed by atoms with E-state index in [0.29, 0.717) is 19.8 Å². The number of aliphatic hydroxyl groups excluding tert-OH is 1. The molecular weight excluding hydrogens is 454 g/mol. The molecule has 1 atom stereocenters. The lowest BCUT2D eigenvalue weighted by Crippen LogP contribution is -2.48. The molecule has 2 aliphatic heterocycles. The van der Waals surface area contributed by atoms with Crippen molar-refractivity contribution in [3.63, 3.8) is 0 Å². The number of nitrogens with zero attached hydrogens (tertiary/aromatic N) is 3. The lowest BCUT2D eigenvalue weighted by molar-refractivity contribution is -0.134. The van der Waals surface area contributed by atoms with Gasteiger partial charge in [-0.05, 0) is 67.5 Å². The summed E-state index contributed by atoms with van der Waals surface area (Å²) < 4.78 is 12.3. The number of carbonyl (C=O) groups is 1. The molecule has 0 radical (unpaired) electrons. The molecule has 36 heavy (non-hydrogen) atoms. The van der Waals surface area contributed by atoms with E-state index in [-0.39, 0.29) is 12.0 Å². The number of ether oxygens (including phenoxy) is 2.